The second kappa shape index (κ2) is 6.16. The summed E-state index contributed by atoms with van der Waals surface area (Å²) in [5, 5.41) is 29.1. The quantitative estimate of drug-likeness (QED) is 0.472. The molecule has 6 nitrogen and oxygen atoms in total. The zero-order chi connectivity index (χ0) is 17.2. The van der Waals surface area contributed by atoms with Crippen molar-refractivity contribution in [3.63, 3.8) is 0 Å². The smallest absolute Gasteiger partial charge is 0.296 e. The maximum atomic E-state index is 11.0. The molecule has 0 saturated carbocycles. The highest BCUT2D eigenvalue weighted by atomic mass is 16.6. The number of azo groups is 1. The van der Waals surface area contributed by atoms with E-state index < -0.39 is 4.92 Å². The molecule has 1 N–H and O–H groups in total. The Balaban J connectivity index is 2.48. The van der Waals surface area contributed by atoms with Crippen molar-refractivity contribution in [2.75, 3.05) is 0 Å². The molecule has 0 aromatic heterocycles. The van der Waals surface area contributed by atoms with Crippen molar-refractivity contribution in [3.8, 4) is 5.75 Å². The van der Waals surface area contributed by atoms with Crippen molar-refractivity contribution < 1.29 is 10.0 Å². The van der Waals surface area contributed by atoms with Crippen LogP contribution in [-0.4, -0.2) is 10.0 Å². The van der Waals surface area contributed by atoms with Gasteiger partial charge in [0.25, 0.3) is 5.69 Å². The number of phenols is 1. The summed E-state index contributed by atoms with van der Waals surface area (Å²) in [6.07, 6.45) is 0. The van der Waals surface area contributed by atoms with E-state index in [0.29, 0.717) is 11.3 Å². The SMILES string of the molecule is Cc1cc(C(C)(C)C)cc(N=Nc2ccccc2[N+](=O)[O-])c1O. The number of rotatable bonds is 3. The minimum absolute atomic E-state index is 0.0281. The van der Waals surface area contributed by atoms with Gasteiger partial charge < -0.3 is 5.11 Å². The molecule has 2 aromatic rings. The van der Waals surface area contributed by atoms with Crippen LogP contribution in [-0.2, 0) is 5.41 Å². The van der Waals surface area contributed by atoms with E-state index in [2.05, 4.69) is 31.0 Å². The van der Waals surface area contributed by atoms with E-state index in [1.807, 2.05) is 6.07 Å². The Kier molecular flexibility index (Phi) is 4.45. The Labute approximate surface area is 134 Å². The third-order valence-electron chi connectivity index (χ3n) is 3.49. The first-order valence-corrected chi connectivity index (χ1v) is 7.19. The normalized spacial score (nSPS) is 11.8. The molecule has 0 amide bonds. The van der Waals surface area contributed by atoms with Crippen molar-refractivity contribution in [1.29, 1.82) is 0 Å². The average molecular weight is 313 g/mol. The molecule has 2 rings (SSSR count). The Hall–Kier alpha value is -2.76. The molecule has 6 heteroatoms. The summed E-state index contributed by atoms with van der Waals surface area (Å²) >= 11 is 0. The topological polar surface area (TPSA) is 88.1 Å². The Morgan fingerprint density at radius 1 is 1.09 bits per heavy atom. The van der Waals surface area contributed by atoms with Crippen LogP contribution in [0.1, 0.15) is 31.9 Å². The molecule has 23 heavy (non-hydrogen) atoms. The van der Waals surface area contributed by atoms with E-state index >= 15 is 0 Å². The number of para-hydroxylation sites is 1. The summed E-state index contributed by atoms with van der Waals surface area (Å²) in [6, 6.07) is 9.75. The summed E-state index contributed by atoms with van der Waals surface area (Å²) in [7, 11) is 0. The van der Waals surface area contributed by atoms with Crippen molar-refractivity contribution in [2.24, 2.45) is 10.2 Å². The van der Waals surface area contributed by atoms with Crippen LogP contribution in [0, 0.1) is 17.0 Å². The van der Waals surface area contributed by atoms with Gasteiger partial charge in [-0.15, -0.1) is 10.2 Å². The van der Waals surface area contributed by atoms with E-state index in [4.69, 9.17) is 0 Å². The predicted molar refractivity (Wildman–Crippen MR) is 88.8 cm³/mol. The first-order valence-electron chi connectivity index (χ1n) is 7.19. The summed E-state index contributed by atoms with van der Waals surface area (Å²) in [5.74, 6) is 0.0281. The van der Waals surface area contributed by atoms with Gasteiger partial charge in [-0.25, -0.2) is 0 Å². The standard InChI is InChI=1S/C17H19N3O3/c1-11-9-12(17(2,3)4)10-14(16(11)21)19-18-13-7-5-6-8-15(13)20(22)23/h5-10,21H,1-4H3. The number of hydrogen-bond donors (Lipinski definition) is 1. The molecule has 0 aliphatic carbocycles. The second-order valence-electron chi connectivity index (χ2n) is 6.36. The highest BCUT2D eigenvalue weighted by Crippen LogP contribution is 2.37. The lowest BCUT2D eigenvalue weighted by molar-refractivity contribution is -0.384. The summed E-state index contributed by atoms with van der Waals surface area (Å²) in [4.78, 5) is 10.5. The molecule has 2 aromatic carbocycles. The summed E-state index contributed by atoms with van der Waals surface area (Å²) in [6.45, 7) is 7.96. The Morgan fingerprint density at radius 2 is 1.70 bits per heavy atom. The van der Waals surface area contributed by atoms with Gasteiger partial charge in [0.1, 0.15) is 11.4 Å². The Bertz CT molecular complexity index is 777. The van der Waals surface area contributed by atoms with Crippen LogP contribution in [0.15, 0.2) is 46.6 Å². The van der Waals surface area contributed by atoms with E-state index in [1.165, 1.54) is 12.1 Å². The molecular weight excluding hydrogens is 294 g/mol. The Morgan fingerprint density at radius 3 is 2.30 bits per heavy atom. The van der Waals surface area contributed by atoms with E-state index in [1.54, 1.807) is 25.1 Å². The van der Waals surface area contributed by atoms with Gasteiger partial charge in [0, 0.05) is 6.07 Å². The monoisotopic (exact) mass is 313 g/mol. The number of aryl methyl sites for hydroxylation is 1. The maximum absolute atomic E-state index is 11.0. The minimum atomic E-state index is -0.509. The molecule has 0 radical (unpaired) electrons. The fraction of sp³-hybridized carbons (Fsp3) is 0.294. The predicted octanol–water partition coefficient (Wildman–Crippen LogP) is 5.32. The first-order chi connectivity index (χ1) is 10.7. The molecule has 0 atom stereocenters. The van der Waals surface area contributed by atoms with Crippen LogP contribution in [0.4, 0.5) is 17.1 Å². The van der Waals surface area contributed by atoms with Gasteiger partial charge in [-0.05, 0) is 35.6 Å². The number of hydrogen-bond acceptors (Lipinski definition) is 5. The molecule has 0 saturated heterocycles. The van der Waals surface area contributed by atoms with E-state index in [-0.39, 0.29) is 22.5 Å². The first kappa shape index (κ1) is 16.6. The lowest BCUT2D eigenvalue weighted by Crippen LogP contribution is -2.11. The maximum Gasteiger partial charge on any atom is 0.296 e. The number of nitro benzene ring substituents is 1. The molecule has 0 aliphatic rings. The molecule has 0 spiro atoms. The molecule has 0 unspecified atom stereocenters. The van der Waals surface area contributed by atoms with Crippen molar-refractivity contribution >= 4 is 17.1 Å². The summed E-state index contributed by atoms with van der Waals surface area (Å²) in [5.41, 5.74) is 1.91. The van der Waals surface area contributed by atoms with E-state index in [0.717, 1.165) is 5.56 Å². The van der Waals surface area contributed by atoms with Crippen molar-refractivity contribution in [3.05, 3.63) is 57.6 Å². The van der Waals surface area contributed by atoms with Gasteiger partial charge in [0.2, 0.25) is 0 Å². The lowest BCUT2D eigenvalue weighted by Gasteiger charge is -2.20. The molecule has 0 heterocycles. The minimum Gasteiger partial charge on any atom is -0.505 e. The van der Waals surface area contributed by atoms with Crippen molar-refractivity contribution in [2.45, 2.75) is 33.1 Å². The second-order valence-corrected chi connectivity index (χ2v) is 6.36. The number of phenolic OH excluding ortho intramolecular Hbond substituents is 1. The average Bonchev–Trinajstić information content (AvgIpc) is 2.47. The van der Waals surface area contributed by atoms with Gasteiger partial charge >= 0.3 is 0 Å². The highest BCUT2D eigenvalue weighted by molar-refractivity contribution is 5.60. The van der Waals surface area contributed by atoms with Crippen LogP contribution >= 0.6 is 0 Å². The van der Waals surface area contributed by atoms with Crippen molar-refractivity contribution in [1.82, 2.24) is 0 Å². The fourth-order valence-electron chi connectivity index (χ4n) is 2.08. The largest absolute Gasteiger partial charge is 0.505 e. The van der Waals surface area contributed by atoms with E-state index in [9.17, 15) is 15.2 Å². The van der Waals surface area contributed by atoms with Crippen LogP contribution in [0.5, 0.6) is 5.75 Å². The van der Waals surface area contributed by atoms with Gasteiger partial charge in [-0.3, -0.25) is 10.1 Å². The van der Waals surface area contributed by atoms with Crippen LogP contribution in [0.2, 0.25) is 0 Å². The van der Waals surface area contributed by atoms with Gasteiger partial charge in [-0.1, -0.05) is 39.0 Å². The van der Waals surface area contributed by atoms with Gasteiger partial charge in [-0.2, -0.15) is 0 Å². The molecule has 0 bridgehead atoms. The molecule has 0 aliphatic heterocycles. The fourth-order valence-corrected chi connectivity index (χ4v) is 2.08. The molecule has 0 fully saturated rings. The molecule has 120 valence electrons. The van der Waals surface area contributed by atoms with Gasteiger partial charge in [0.05, 0.1) is 4.92 Å². The third-order valence-corrected chi connectivity index (χ3v) is 3.49. The third kappa shape index (κ3) is 3.71. The van der Waals surface area contributed by atoms with Crippen LogP contribution < -0.4 is 0 Å². The zero-order valence-electron chi connectivity index (χ0n) is 13.6. The van der Waals surface area contributed by atoms with Crippen LogP contribution in [0.25, 0.3) is 0 Å². The number of aromatic hydroxyl groups is 1. The highest BCUT2D eigenvalue weighted by Gasteiger charge is 2.18. The summed E-state index contributed by atoms with van der Waals surface area (Å²) < 4.78 is 0. The zero-order valence-corrected chi connectivity index (χ0v) is 13.6. The number of nitrogens with zero attached hydrogens (tertiary/aromatic N) is 3. The van der Waals surface area contributed by atoms with Crippen LogP contribution in [0.3, 0.4) is 0 Å². The number of nitro groups is 1. The molecular formula is C17H19N3O3. The lowest BCUT2D eigenvalue weighted by atomic mass is 9.86. The number of benzene rings is 2. The van der Waals surface area contributed by atoms with Gasteiger partial charge in [0.15, 0.2) is 5.69 Å².